The second-order valence-electron chi connectivity index (χ2n) is 7.70. The van der Waals surface area contributed by atoms with Gasteiger partial charge in [0, 0.05) is 24.3 Å². The molecule has 0 atom stereocenters. The van der Waals surface area contributed by atoms with Crippen molar-refractivity contribution in [3.05, 3.63) is 53.6 Å². The van der Waals surface area contributed by atoms with Gasteiger partial charge < -0.3 is 5.32 Å². The lowest BCUT2D eigenvalue weighted by molar-refractivity contribution is 0.102. The van der Waals surface area contributed by atoms with Gasteiger partial charge in [-0.25, -0.2) is 16.8 Å². The summed E-state index contributed by atoms with van der Waals surface area (Å²) < 4.78 is 53.0. The summed E-state index contributed by atoms with van der Waals surface area (Å²) >= 11 is 0. The van der Waals surface area contributed by atoms with Gasteiger partial charge in [0.2, 0.25) is 20.0 Å². The normalized spacial score (nSPS) is 15.8. The number of carbonyl (C=O) groups is 1. The maximum atomic E-state index is 13.0. The standard InChI is InChI=1S/C21H27N3O5S2/c1-16-10-11-18(15-20(16)23-30(2,26)27)22-21(25)17-8-7-9-19(14-17)31(28,29)24-12-5-3-4-6-13-24/h7-11,14-15,23H,3-6,12-13H2,1-2H3,(H,22,25). The van der Waals surface area contributed by atoms with E-state index in [9.17, 15) is 21.6 Å². The Hall–Kier alpha value is -2.43. The summed E-state index contributed by atoms with van der Waals surface area (Å²) in [6.07, 6.45) is 4.74. The summed E-state index contributed by atoms with van der Waals surface area (Å²) in [5, 5.41) is 2.70. The maximum Gasteiger partial charge on any atom is 0.255 e. The molecule has 0 spiro atoms. The smallest absolute Gasteiger partial charge is 0.255 e. The monoisotopic (exact) mass is 465 g/mol. The first-order valence-electron chi connectivity index (χ1n) is 10.1. The molecule has 0 aliphatic carbocycles. The fourth-order valence-corrected chi connectivity index (χ4v) is 5.62. The van der Waals surface area contributed by atoms with E-state index >= 15 is 0 Å². The van der Waals surface area contributed by atoms with Gasteiger partial charge in [0.05, 0.1) is 16.8 Å². The number of nitrogens with zero attached hydrogens (tertiary/aromatic N) is 1. The Morgan fingerprint density at radius 2 is 1.61 bits per heavy atom. The average molecular weight is 466 g/mol. The predicted octanol–water partition coefficient (Wildman–Crippen LogP) is 3.18. The Labute approximate surface area is 183 Å². The summed E-state index contributed by atoms with van der Waals surface area (Å²) in [7, 11) is -7.14. The van der Waals surface area contributed by atoms with Crippen LogP contribution in [0.3, 0.4) is 0 Å². The predicted molar refractivity (Wildman–Crippen MR) is 121 cm³/mol. The Balaban J connectivity index is 1.81. The molecule has 0 saturated carbocycles. The highest BCUT2D eigenvalue weighted by Gasteiger charge is 2.25. The third-order valence-corrected chi connectivity index (χ3v) is 7.58. The summed E-state index contributed by atoms with van der Waals surface area (Å²) in [4.78, 5) is 12.8. The van der Waals surface area contributed by atoms with Crippen molar-refractivity contribution in [1.29, 1.82) is 0 Å². The van der Waals surface area contributed by atoms with E-state index in [1.807, 2.05) is 0 Å². The highest BCUT2D eigenvalue weighted by molar-refractivity contribution is 7.92. The summed E-state index contributed by atoms with van der Waals surface area (Å²) in [5.41, 5.74) is 1.66. The zero-order valence-corrected chi connectivity index (χ0v) is 19.2. The molecule has 1 heterocycles. The van der Waals surface area contributed by atoms with Crippen LogP contribution in [0.15, 0.2) is 47.4 Å². The molecular weight excluding hydrogens is 438 g/mol. The molecule has 8 nitrogen and oxygen atoms in total. The summed E-state index contributed by atoms with van der Waals surface area (Å²) in [6.45, 7) is 2.72. The molecule has 2 N–H and O–H groups in total. The lowest BCUT2D eigenvalue weighted by Gasteiger charge is -2.20. The molecule has 2 aromatic rings. The van der Waals surface area contributed by atoms with Gasteiger partial charge in [-0.1, -0.05) is 25.0 Å². The molecule has 0 radical (unpaired) electrons. The van der Waals surface area contributed by atoms with Gasteiger partial charge in [-0.3, -0.25) is 9.52 Å². The molecule has 168 valence electrons. The van der Waals surface area contributed by atoms with Gasteiger partial charge in [-0.05, 0) is 55.7 Å². The number of hydrogen-bond donors (Lipinski definition) is 2. The molecule has 1 amide bonds. The first-order valence-corrected chi connectivity index (χ1v) is 13.4. The topological polar surface area (TPSA) is 113 Å². The average Bonchev–Trinajstić information content (AvgIpc) is 3.00. The van der Waals surface area contributed by atoms with Crippen molar-refractivity contribution in [2.24, 2.45) is 0 Å². The van der Waals surface area contributed by atoms with Gasteiger partial charge in [-0.15, -0.1) is 0 Å². The molecule has 10 heteroatoms. The Morgan fingerprint density at radius 1 is 0.935 bits per heavy atom. The number of anilines is 2. The number of amides is 1. The van der Waals surface area contributed by atoms with E-state index in [4.69, 9.17) is 0 Å². The molecule has 1 fully saturated rings. The number of carbonyl (C=O) groups excluding carboxylic acids is 1. The number of aryl methyl sites for hydroxylation is 1. The Morgan fingerprint density at radius 3 is 2.26 bits per heavy atom. The van der Waals surface area contributed by atoms with Crippen molar-refractivity contribution in [2.45, 2.75) is 37.5 Å². The minimum atomic E-state index is -3.67. The first kappa shape index (κ1) is 23.2. The van der Waals surface area contributed by atoms with E-state index in [1.165, 1.54) is 22.5 Å². The summed E-state index contributed by atoms with van der Waals surface area (Å²) in [5.74, 6) is -0.484. The molecular formula is C21H27N3O5S2. The van der Waals surface area contributed by atoms with Crippen LogP contribution in [0.5, 0.6) is 0 Å². The van der Waals surface area contributed by atoms with Crippen LogP contribution in [-0.4, -0.2) is 46.4 Å². The van der Waals surface area contributed by atoms with Crippen LogP contribution in [0, 0.1) is 6.92 Å². The number of rotatable bonds is 6. The summed E-state index contributed by atoms with van der Waals surface area (Å²) in [6, 6.07) is 10.8. The van der Waals surface area contributed by atoms with E-state index in [0.717, 1.165) is 31.9 Å². The van der Waals surface area contributed by atoms with E-state index in [-0.39, 0.29) is 10.5 Å². The van der Waals surface area contributed by atoms with Crippen molar-refractivity contribution >= 4 is 37.3 Å². The van der Waals surface area contributed by atoms with Crippen molar-refractivity contribution < 1.29 is 21.6 Å². The number of nitrogens with one attached hydrogen (secondary N) is 2. The Kier molecular flexibility index (Phi) is 7.03. The molecule has 31 heavy (non-hydrogen) atoms. The molecule has 1 aliphatic rings. The molecule has 2 aromatic carbocycles. The van der Waals surface area contributed by atoms with Crippen LogP contribution in [0.25, 0.3) is 0 Å². The van der Waals surface area contributed by atoms with E-state index < -0.39 is 26.0 Å². The second kappa shape index (κ2) is 9.37. The second-order valence-corrected chi connectivity index (χ2v) is 11.4. The van der Waals surface area contributed by atoms with E-state index in [0.29, 0.717) is 30.0 Å². The molecule has 1 aliphatic heterocycles. The number of benzene rings is 2. The van der Waals surface area contributed by atoms with Gasteiger partial charge in [0.25, 0.3) is 5.91 Å². The van der Waals surface area contributed by atoms with Crippen molar-refractivity contribution in [1.82, 2.24) is 4.31 Å². The minimum absolute atomic E-state index is 0.0883. The molecule has 1 saturated heterocycles. The number of hydrogen-bond acceptors (Lipinski definition) is 5. The van der Waals surface area contributed by atoms with Crippen LogP contribution in [0.4, 0.5) is 11.4 Å². The molecule has 0 bridgehead atoms. The maximum absolute atomic E-state index is 13.0. The van der Waals surface area contributed by atoms with Crippen molar-refractivity contribution in [2.75, 3.05) is 29.4 Å². The van der Waals surface area contributed by atoms with Gasteiger partial charge in [0.15, 0.2) is 0 Å². The SMILES string of the molecule is Cc1ccc(NC(=O)c2cccc(S(=O)(=O)N3CCCCCC3)c2)cc1NS(C)(=O)=O. The highest BCUT2D eigenvalue weighted by atomic mass is 32.2. The van der Waals surface area contributed by atoms with Crippen LogP contribution in [0.1, 0.15) is 41.6 Å². The van der Waals surface area contributed by atoms with E-state index in [2.05, 4.69) is 10.0 Å². The zero-order chi connectivity index (χ0) is 22.6. The van der Waals surface area contributed by atoms with Crippen molar-refractivity contribution in [3.63, 3.8) is 0 Å². The molecule has 0 unspecified atom stereocenters. The third kappa shape index (κ3) is 6.05. The first-order chi connectivity index (χ1) is 14.6. The largest absolute Gasteiger partial charge is 0.322 e. The van der Waals surface area contributed by atoms with Crippen LogP contribution < -0.4 is 10.0 Å². The number of sulfonamides is 2. The molecule has 3 rings (SSSR count). The van der Waals surface area contributed by atoms with E-state index in [1.54, 1.807) is 31.2 Å². The van der Waals surface area contributed by atoms with Gasteiger partial charge in [-0.2, -0.15) is 4.31 Å². The minimum Gasteiger partial charge on any atom is -0.322 e. The van der Waals surface area contributed by atoms with Gasteiger partial charge in [0.1, 0.15) is 0 Å². The Bertz CT molecular complexity index is 1170. The lowest BCUT2D eigenvalue weighted by Crippen LogP contribution is -2.32. The van der Waals surface area contributed by atoms with Crippen molar-refractivity contribution in [3.8, 4) is 0 Å². The molecule has 0 aromatic heterocycles. The fraction of sp³-hybridized carbons (Fsp3) is 0.381. The van der Waals surface area contributed by atoms with Crippen LogP contribution in [0.2, 0.25) is 0 Å². The third-order valence-electron chi connectivity index (χ3n) is 5.09. The lowest BCUT2D eigenvalue weighted by atomic mass is 10.1. The van der Waals surface area contributed by atoms with Crippen LogP contribution in [-0.2, 0) is 20.0 Å². The van der Waals surface area contributed by atoms with Crippen LogP contribution >= 0.6 is 0 Å². The highest BCUT2D eigenvalue weighted by Crippen LogP contribution is 2.24. The zero-order valence-electron chi connectivity index (χ0n) is 17.6. The van der Waals surface area contributed by atoms with Gasteiger partial charge >= 0.3 is 0 Å². The fourth-order valence-electron chi connectivity index (χ4n) is 3.44. The quantitative estimate of drug-likeness (QED) is 0.680.